The van der Waals surface area contributed by atoms with Crippen LogP contribution < -0.4 is 0 Å². The first-order valence-corrected chi connectivity index (χ1v) is 10.6. The van der Waals surface area contributed by atoms with Crippen LogP contribution in [-0.2, 0) is 9.59 Å². The third-order valence-corrected chi connectivity index (χ3v) is 5.28. The maximum absolute atomic E-state index is 12.2. The van der Waals surface area contributed by atoms with E-state index in [-0.39, 0.29) is 41.8 Å². The topological polar surface area (TPSA) is 85.3 Å². The number of carbonyl (C=O) groups excluding carboxylic acids is 5. The summed E-state index contributed by atoms with van der Waals surface area (Å²) in [4.78, 5) is 58.8. The van der Waals surface area contributed by atoms with Crippen molar-refractivity contribution in [2.24, 2.45) is 0 Å². The highest BCUT2D eigenvalue weighted by Gasteiger charge is 2.14. The maximum Gasteiger partial charge on any atom is 0.170 e. The van der Waals surface area contributed by atoms with Gasteiger partial charge < -0.3 is 0 Å². The standard InChI is InChI=1S/C28H24O5/c1-17(29)14-27(32)22-8-4-20(5-9-22)25-13-12-24(19(3)31)16-26(25)21-6-10-23(11-7-21)28(33)15-18(2)30/h4-13,16H,14-15H2,1-3H3. The Bertz CT molecular complexity index is 1250. The molecule has 0 radical (unpaired) electrons. The quantitative estimate of drug-likeness (QED) is 0.322. The van der Waals surface area contributed by atoms with Crippen molar-refractivity contribution in [3.05, 3.63) is 83.4 Å². The minimum atomic E-state index is -0.238. The molecule has 0 bridgehead atoms. The minimum absolute atomic E-state index is 0.0683. The Morgan fingerprint density at radius 2 is 0.909 bits per heavy atom. The van der Waals surface area contributed by atoms with E-state index in [0.717, 1.165) is 22.3 Å². The summed E-state index contributed by atoms with van der Waals surface area (Å²) >= 11 is 0. The minimum Gasteiger partial charge on any atom is -0.300 e. The molecule has 0 saturated heterocycles. The van der Waals surface area contributed by atoms with Crippen LogP contribution in [0.2, 0.25) is 0 Å². The first kappa shape index (κ1) is 23.7. The van der Waals surface area contributed by atoms with Crippen LogP contribution in [0.4, 0.5) is 0 Å². The van der Waals surface area contributed by atoms with Crippen molar-refractivity contribution in [2.45, 2.75) is 33.6 Å². The Morgan fingerprint density at radius 1 is 0.515 bits per heavy atom. The van der Waals surface area contributed by atoms with Crippen molar-refractivity contribution >= 4 is 28.9 Å². The number of Topliss-reactive ketones (excluding diaryl/α,β-unsaturated/α-hetero) is 5. The highest BCUT2D eigenvalue weighted by atomic mass is 16.2. The van der Waals surface area contributed by atoms with Gasteiger partial charge in [0.1, 0.15) is 11.6 Å². The Kier molecular flexibility index (Phi) is 7.23. The zero-order valence-corrected chi connectivity index (χ0v) is 18.8. The van der Waals surface area contributed by atoms with Crippen LogP contribution in [0.3, 0.4) is 0 Å². The highest BCUT2D eigenvalue weighted by Crippen LogP contribution is 2.34. The van der Waals surface area contributed by atoms with Gasteiger partial charge in [0.15, 0.2) is 17.3 Å². The number of rotatable bonds is 9. The molecular weight excluding hydrogens is 416 g/mol. The monoisotopic (exact) mass is 440 g/mol. The molecule has 3 aromatic carbocycles. The van der Waals surface area contributed by atoms with E-state index in [9.17, 15) is 24.0 Å². The van der Waals surface area contributed by atoms with Gasteiger partial charge in [-0.1, -0.05) is 60.7 Å². The third kappa shape index (κ3) is 5.83. The normalized spacial score (nSPS) is 10.5. The Hall–Kier alpha value is -3.99. The van der Waals surface area contributed by atoms with Crippen LogP contribution in [0.25, 0.3) is 22.3 Å². The van der Waals surface area contributed by atoms with E-state index in [1.165, 1.54) is 20.8 Å². The largest absolute Gasteiger partial charge is 0.300 e. The highest BCUT2D eigenvalue weighted by molar-refractivity contribution is 6.08. The summed E-state index contributed by atoms with van der Waals surface area (Å²) in [6.07, 6.45) is -0.272. The number of benzene rings is 3. The Morgan fingerprint density at radius 3 is 1.30 bits per heavy atom. The molecule has 0 fully saturated rings. The van der Waals surface area contributed by atoms with Gasteiger partial charge in [-0.15, -0.1) is 0 Å². The number of hydrogen-bond acceptors (Lipinski definition) is 5. The van der Waals surface area contributed by atoms with Crippen molar-refractivity contribution in [1.82, 2.24) is 0 Å². The number of ketones is 5. The van der Waals surface area contributed by atoms with Crippen molar-refractivity contribution in [1.29, 1.82) is 0 Å². The van der Waals surface area contributed by atoms with Crippen LogP contribution in [0.1, 0.15) is 64.7 Å². The van der Waals surface area contributed by atoms with Gasteiger partial charge in [-0.3, -0.25) is 24.0 Å². The van der Waals surface area contributed by atoms with Gasteiger partial charge in [0.05, 0.1) is 12.8 Å². The van der Waals surface area contributed by atoms with Crippen LogP contribution >= 0.6 is 0 Å². The lowest BCUT2D eigenvalue weighted by Crippen LogP contribution is -2.05. The molecule has 33 heavy (non-hydrogen) atoms. The molecule has 166 valence electrons. The van der Waals surface area contributed by atoms with Gasteiger partial charge in [0.2, 0.25) is 0 Å². The van der Waals surface area contributed by atoms with Gasteiger partial charge in [-0.2, -0.15) is 0 Å². The lowest BCUT2D eigenvalue weighted by atomic mass is 9.90. The molecule has 0 aromatic heterocycles. The lowest BCUT2D eigenvalue weighted by Gasteiger charge is -2.13. The molecule has 3 rings (SSSR count). The Labute approximate surface area is 192 Å². The molecule has 3 aromatic rings. The second kappa shape index (κ2) is 10.1. The fourth-order valence-corrected chi connectivity index (χ4v) is 3.58. The molecule has 0 unspecified atom stereocenters. The van der Waals surface area contributed by atoms with Crippen LogP contribution in [-0.4, -0.2) is 28.9 Å². The zero-order valence-electron chi connectivity index (χ0n) is 18.8. The van der Waals surface area contributed by atoms with Crippen LogP contribution in [0.15, 0.2) is 66.7 Å². The first-order valence-electron chi connectivity index (χ1n) is 10.6. The summed E-state index contributed by atoms with van der Waals surface area (Å²) in [5.41, 5.74) is 4.78. The summed E-state index contributed by atoms with van der Waals surface area (Å²) in [5, 5.41) is 0. The van der Waals surface area contributed by atoms with E-state index in [4.69, 9.17) is 0 Å². The van der Waals surface area contributed by atoms with Gasteiger partial charge in [-0.25, -0.2) is 0 Å². The summed E-state index contributed by atoms with van der Waals surface area (Å²) in [6.45, 7) is 4.26. The van der Waals surface area contributed by atoms with Gasteiger partial charge in [-0.05, 0) is 49.1 Å². The van der Waals surface area contributed by atoms with Gasteiger partial charge in [0, 0.05) is 16.7 Å². The molecule has 0 spiro atoms. The SMILES string of the molecule is CC(=O)CC(=O)c1ccc(-c2ccc(C(C)=O)cc2-c2ccc(C(=O)CC(C)=O)cc2)cc1. The molecule has 0 amide bonds. The molecule has 0 heterocycles. The summed E-state index contributed by atoms with van der Waals surface area (Å²) < 4.78 is 0. The molecule has 5 nitrogen and oxygen atoms in total. The molecule has 0 aliphatic carbocycles. The molecule has 0 atom stereocenters. The predicted molar refractivity (Wildman–Crippen MR) is 127 cm³/mol. The first-order chi connectivity index (χ1) is 15.7. The molecule has 0 aliphatic heterocycles. The van der Waals surface area contributed by atoms with E-state index in [0.29, 0.717) is 16.7 Å². The van der Waals surface area contributed by atoms with Crippen LogP contribution in [0.5, 0.6) is 0 Å². The second-order valence-corrected chi connectivity index (χ2v) is 8.08. The van der Waals surface area contributed by atoms with Crippen molar-refractivity contribution in [2.75, 3.05) is 0 Å². The molecule has 5 heteroatoms. The molecular formula is C28H24O5. The predicted octanol–water partition coefficient (Wildman–Crippen LogP) is 5.55. The summed E-state index contributed by atoms with van der Waals surface area (Å²) in [5.74, 6) is -0.909. The second-order valence-electron chi connectivity index (χ2n) is 8.08. The van der Waals surface area contributed by atoms with Gasteiger partial charge in [0.25, 0.3) is 0 Å². The lowest BCUT2D eigenvalue weighted by molar-refractivity contribution is -0.117. The van der Waals surface area contributed by atoms with E-state index in [1.54, 1.807) is 48.5 Å². The van der Waals surface area contributed by atoms with Crippen molar-refractivity contribution in [3.63, 3.8) is 0 Å². The van der Waals surface area contributed by atoms with Crippen LogP contribution in [0, 0.1) is 0 Å². The fraction of sp³-hybridized carbons (Fsp3) is 0.179. The Balaban J connectivity index is 2.01. The van der Waals surface area contributed by atoms with E-state index < -0.39 is 0 Å². The summed E-state index contributed by atoms with van der Waals surface area (Å²) in [6, 6.07) is 19.3. The fourth-order valence-electron chi connectivity index (χ4n) is 3.58. The average Bonchev–Trinajstić information content (AvgIpc) is 2.78. The molecule has 0 N–H and O–H groups in total. The molecule has 0 saturated carbocycles. The average molecular weight is 440 g/mol. The van der Waals surface area contributed by atoms with Crippen molar-refractivity contribution in [3.8, 4) is 22.3 Å². The van der Waals surface area contributed by atoms with Gasteiger partial charge >= 0.3 is 0 Å². The van der Waals surface area contributed by atoms with E-state index >= 15 is 0 Å². The van der Waals surface area contributed by atoms with E-state index in [1.807, 2.05) is 18.2 Å². The third-order valence-electron chi connectivity index (χ3n) is 5.28. The smallest absolute Gasteiger partial charge is 0.170 e. The zero-order chi connectivity index (χ0) is 24.1. The van der Waals surface area contributed by atoms with E-state index in [2.05, 4.69) is 0 Å². The molecule has 0 aliphatic rings. The number of carbonyl (C=O) groups is 5. The number of hydrogen-bond donors (Lipinski definition) is 0. The van der Waals surface area contributed by atoms with Crippen molar-refractivity contribution < 1.29 is 24.0 Å². The maximum atomic E-state index is 12.2. The summed E-state index contributed by atoms with van der Waals surface area (Å²) in [7, 11) is 0.